The van der Waals surface area contributed by atoms with Gasteiger partial charge in [-0.25, -0.2) is 4.98 Å². The Kier molecular flexibility index (Phi) is 10.9. The van der Waals surface area contributed by atoms with E-state index in [2.05, 4.69) is 132 Å². The molecular weight excluding hydrogens is 635 g/mol. The van der Waals surface area contributed by atoms with E-state index in [1.54, 1.807) is 0 Å². The number of pyridine rings is 1. The molecule has 0 saturated heterocycles. The molecular formula is C49H63NO2. The third-order valence-electron chi connectivity index (χ3n) is 13.0. The van der Waals surface area contributed by atoms with Crippen LogP contribution in [0.4, 0.5) is 0 Å². The van der Waals surface area contributed by atoms with Crippen molar-refractivity contribution in [3.05, 3.63) is 125 Å². The summed E-state index contributed by atoms with van der Waals surface area (Å²) in [5.74, 6) is 0.0899. The fourth-order valence-corrected chi connectivity index (χ4v) is 7.52. The molecule has 2 N–H and O–H groups in total. The second-order valence-corrected chi connectivity index (χ2v) is 17.7. The van der Waals surface area contributed by atoms with Gasteiger partial charge in [-0.3, -0.25) is 0 Å². The van der Waals surface area contributed by atoms with Gasteiger partial charge in [0.2, 0.25) is 0 Å². The lowest BCUT2D eigenvalue weighted by Gasteiger charge is -2.48. The molecule has 3 heteroatoms. The SMILES string of the molecule is CCC(C)(C)C1=CC(C(C)(C)CC)C(O)(c2cccc(-c3ccccc3-c3cc(C(C)(C)CC)cc(C(C)(C)CC)c3O)n2)C(c2ccccc2)=C1. The summed E-state index contributed by atoms with van der Waals surface area (Å²) >= 11 is 0. The molecule has 52 heavy (non-hydrogen) atoms. The fourth-order valence-electron chi connectivity index (χ4n) is 7.52. The van der Waals surface area contributed by atoms with Crippen molar-refractivity contribution in [2.24, 2.45) is 16.7 Å². The molecule has 0 amide bonds. The maximum absolute atomic E-state index is 13.5. The average molecular weight is 698 g/mol. The van der Waals surface area contributed by atoms with Crippen molar-refractivity contribution in [3.63, 3.8) is 0 Å². The second kappa shape index (κ2) is 14.5. The summed E-state index contributed by atoms with van der Waals surface area (Å²) in [5, 5.41) is 25.6. The molecule has 3 aromatic carbocycles. The van der Waals surface area contributed by atoms with Gasteiger partial charge in [0.15, 0.2) is 0 Å². The summed E-state index contributed by atoms with van der Waals surface area (Å²) in [6, 6.07) is 29.1. The van der Waals surface area contributed by atoms with Crippen molar-refractivity contribution in [1.29, 1.82) is 0 Å². The summed E-state index contributed by atoms with van der Waals surface area (Å²) in [6.45, 7) is 27.0. The summed E-state index contributed by atoms with van der Waals surface area (Å²) in [7, 11) is 0. The minimum atomic E-state index is -1.40. The minimum absolute atomic E-state index is 0.0638. The van der Waals surface area contributed by atoms with Crippen LogP contribution in [-0.4, -0.2) is 15.2 Å². The summed E-state index contributed by atoms with van der Waals surface area (Å²) < 4.78 is 0. The van der Waals surface area contributed by atoms with E-state index in [-0.39, 0.29) is 27.6 Å². The van der Waals surface area contributed by atoms with Crippen LogP contribution in [0.2, 0.25) is 0 Å². The molecule has 0 bridgehead atoms. The largest absolute Gasteiger partial charge is 0.507 e. The molecule has 1 aliphatic carbocycles. The molecule has 276 valence electrons. The number of hydrogen-bond donors (Lipinski definition) is 2. The van der Waals surface area contributed by atoms with Crippen molar-refractivity contribution in [1.82, 2.24) is 4.98 Å². The van der Waals surface area contributed by atoms with E-state index < -0.39 is 5.60 Å². The highest BCUT2D eigenvalue weighted by Gasteiger charge is 2.51. The molecule has 1 aromatic heterocycles. The van der Waals surface area contributed by atoms with Crippen LogP contribution in [0, 0.1) is 16.7 Å². The number of phenolic OH excluding ortho intramolecular Hbond substituents is 1. The van der Waals surface area contributed by atoms with E-state index >= 15 is 0 Å². The van der Waals surface area contributed by atoms with Gasteiger partial charge in [0.1, 0.15) is 11.4 Å². The first kappa shape index (κ1) is 39.3. The predicted molar refractivity (Wildman–Crippen MR) is 221 cm³/mol. The Labute approximate surface area is 315 Å². The molecule has 0 fully saturated rings. The number of rotatable bonds is 12. The topological polar surface area (TPSA) is 53.4 Å². The Bertz CT molecular complexity index is 1960. The molecule has 4 aromatic rings. The molecule has 2 unspecified atom stereocenters. The van der Waals surface area contributed by atoms with E-state index in [1.165, 1.54) is 11.1 Å². The van der Waals surface area contributed by atoms with Gasteiger partial charge in [0, 0.05) is 22.6 Å². The summed E-state index contributed by atoms with van der Waals surface area (Å²) in [5.41, 5.74) is 7.40. The van der Waals surface area contributed by atoms with Gasteiger partial charge in [-0.15, -0.1) is 0 Å². The highest BCUT2D eigenvalue weighted by Crippen LogP contribution is 2.55. The summed E-state index contributed by atoms with van der Waals surface area (Å²) in [4.78, 5) is 5.41. The second-order valence-electron chi connectivity index (χ2n) is 17.7. The van der Waals surface area contributed by atoms with Crippen molar-refractivity contribution in [3.8, 4) is 28.1 Å². The Morgan fingerprint density at radius 1 is 0.635 bits per heavy atom. The lowest BCUT2D eigenvalue weighted by atomic mass is 9.59. The third kappa shape index (κ3) is 7.06. The van der Waals surface area contributed by atoms with Crippen molar-refractivity contribution in [2.45, 2.75) is 125 Å². The van der Waals surface area contributed by atoms with E-state index in [1.807, 2.05) is 48.5 Å². The molecule has 2 atom stereocenters. The summed E-state index contributed by atoms with van der Waals surface area (Å²) in [6.07, 6.45) is 8.33. The third-order valence-corrected chi connectivity index (χ3v) is 13.0. The fraction of sp³-hybridized carbons (Fsp3) is 0.449. The molecule has 0 saturated carbocycles. The number of aromatic nitrogens is 1. The van der Waals surface area contributed by atoms with Crippen molar-refractivity contribution in [2.75, 3.05) is 0 Å². The van der Waals surface area contributed by atoms with E-state index in [9.17, 15) is 10.2 Å². The molecule has 0 radical (unpaired) electrons. The molecule has 0 aliphatic heterocycles. The molecule has 1 aliphatic rings. The maximum Gasteiger partial charge on any atom is 0.139 e. The van der Waals surface area contributed by atoms with Gasteiger partial charge in [-0.1, -0.05) is 168 Å². The number of benzene rings is 3. The van der Waals surface area contributed by atoms with Crippen molar-refractivity contribution < 1.29 is 10.2 Å². The quantitative estimate of drug-likeness (QED) is 0.155. The maximum atomic E-state index is 13.5. The van der Waals surface area contributed by atoms with Crippen LogP contribution >= 0.6 is 0 Å². The number of aliphatic hydroxyl groups is 1. The van der Waals surface area contributed by atoms with Gasteiger partial charge >= 0.3 is 0 Å². The minimum Gasteiger partial charge on any atom is -0.507 e. The standard InChI is InChI=1S/C49H63NO2/c1-13-45(5,6)34-29-38(44(51)40(31-34)47(9,10)15-3)36-25-20-21-26-37(36)41-27-22-28-43(50-41)49(52)39(33-23-18-17-19-24-33)30-35(46(7,8)14-2)32-42(49)48(11,12)16-4/h17-32,42,51-52H,13-16H2,1-12H3. The zero-order chi connectivity index (χ0) is 38.3. The Balaban J connectivity index is 1.79. The molecule has 3 nitrogen and oxygen atoms in total. The Morgan fingerprint density at radius 2 is 1.23 bits per heavy atom. The molecule has 5 rings (SSSR count). The van der Waals surface area contributed by atoms with Gasteiger partial charge < -0.3 is 10.2 Å². The average Bonchev–Trinajstić information content (AvgIpc) is 3.15. The van der Waals surface area contributed by atoms with Gasteiger partial charge in [0.05, 0.1) is 11.4 Å². The first-order valence-electron chi connectivity index (χ1n) is 19.6. The zero-order valence-corrected chi connectivity index (χ0v) is 34.0. The van der Waals surface area contributed by atoms with Crippen LogP contribution in [0.5, 0.6) is 5.75 Å². The monoisotopic (exact) mass is 697 g/mol. The van der Waals surface area contributed by atoms with Gasteiger partial charge in [0.25, 0.3) is 0 Å². The first-order valence-corrected chi connectivity index (χ1v) is 19.6. The number of allylic oxidation sites excluding steroid dienone is 2. The Morgan fingerprint density at radius 3 is 1.83 bits per heavy atom. The van der Waals surface area contributed by atoms with E-state index in [4.69, 9.17) is 4.98 Å². The molecule has 0 spiro atoms. The van der Waals surface area contributed by atoms with Crippen LogP contribution < -0.4 is 0 Å². The van der Waals surface area contributed by atoms with Gasteiger partial charge in [-0.05, 0) is 87.0 Å². The number of aromatic hydroxyl groups is 1. The number of phenols is 1. The van der Waals surface area contributed by atoms with E-state index in [0.29, 0.717) is 11.4 Å². The highest BCUT2D eigenvalue weighted by molar-refractivity contribution is 5.86. The number of hydrogen-bond acceptors (Lipinski definition) is 3. The predicted octanol–water partition coefficient (Wildman–Crippen LogP) is 13.2. The van der Waals surface area contributed by atoms with Crippen LogP contribution in [0.25, 0.3) is 28.0 Å². The first-order chi connectivity index (χ1) is 24.4. The van der Waals surface area contributed by atoms with Crippen LogP contribution in [0.3, 0.4) is 0 Å². The number of nitrogens with zero attached hydrogens (tertiary/aromatic N) is 1. The lowest BCUT2D eigenvalue weighted by Crippen LogP contribution is -2.46. The van der Waals surface area contributed by atoms with Crippen LogP contribution in [0.1, 0.15) is 131 Å². The normalized spacial score (nSPS) is 18.6. The Hall–Kier alpha value is -3.95. The zero-order valence-electron chi connectivity index (χ0n) is 34.0. The highest BCUT2D eigenvalue weighted by atomic mass is 16.3. The van der Waals surface area contributed by atoms with Crippen LogP contribution in [0.15, 0.2) is 103 Å². The smallest absolute Gasteiger partial charge is 0.139 e. The molecule has 1 heterocycles. The van der Waals surface area contributed by atoms with E-state index in [0.717, 1.165) is 64.8 Å². The van der Waals surface area contributed by atoms with Crippen molar-refractivity contribution >= 4 is 5.57 Å². The van der Waals surface area contributed by atoms with Gasteiger partial charge in [-0.2, -0.15) is 0 Å². The van der Waals surface area contributed by atoms with Crippen LogP contribution in [-0.2, 0) is 16.4 Å². The lowest BCUT2D eigenvalue weighted by molar-refractivity contribution is -0.00699.